The van der Waals surface area contributed by atoms with Gasteiger partial charge in [0.25, 0.3) is 0 Å². The van der Waals surface area contributed by atoms with Crippen molar-refractivity contribution in [1.82, 2.24) is 4.98 Å². The Balaban J connectivity index is 1.56. The molecule has 0 unspecified atom stereocenters. The van der Waals surface area contributed by atoms with Crippen LogP contribution < -0.4 is 11.1 Å². The summed E-state index contributed by atoms with van der Waals surface area (Å²) in [4.78, 5) is 11.2. The average Bonchev–Trinajstić information content (AvgIpc) is 3.26. The van der Waals surface area contributed by atoms with Crippen LogP contribution in [0.25, 0.3) is 10.4 Å². The molecule has 0 amide bonds. The normalized spacial score (nSPS) is 18.4. The summed E-state index contributed by atoms with van der Waals surface area (Å²) in [5.74, 6) is 0.616. The van der Waals surface area contributed by atoms with E-state index in [2.05, 4.69) is 22.4 Å². The van der Waals surface area contributed by atoms with Gasteiger partial charge in [0.15, 0.2) is 0 Å². The first-order valence-corrected chi connectivity index (χ1v) is 12.6. The van der Waals surface area contributed by atoms with Crippen LogP contribution in [0.4, 0.5) is 10.1 Å². The molecule has 0 radical (unpaired) electrons. The predicted molar refractivity (Wildman–Crippen MR) is 129 cm³/mol. The molecule has 8 heteroatoms. The number of alkyl halides is 1. The van der Waals surface area contributed by atoms with Crippen LogP contribution in [0.3, 0.4) is 0 Å². The van der Waals surface area contributed by atoms with E-state index in [1.54, 1.807) is 6.21 Å². The number of benzene rings is 1. The zero-order valence-electron chi connectivity index (χ0n) is 17.6. The minimum absolute atomic E-state index is 0.134. The second kappa shape index (κ2) is 11.1. The maximum absolute atomic E-state index is 12.3. The quantitative estimate of drug-likeness (QED) is 0.477. The number of allylic oxidation sites excluding steroid dienone is 1. The van der Waals surface area contributed by atoms with Crippen LogP contribution in [0.1, 0.15) is 43.0 Å². The van der Waals surface area contributed by atoms with Crippen molar-refractivity contribution in [2.24, 2.45) is 10.7 Å². The third-order valence-electron chi connectivity index (χ3n) is 5.54. The van der Waals surface area contributed by atoms with Gasteiger partial charge in [-0.15, -0.1) is 23.1 Å². The van der Waals surface area contributed by atoms with Crippen LogP contribution in [-0.4, -0.2) is 42.9 Å². The van der Waals surface area contributed by atoms with Gasteiger partial charge in [-0.05, 0) is 25.0 Å². The van der Waals surface area contributed by atoms with E-state index < -0.39 is 6.67 Å². The van der Waals surface area contributed by atoms with Gasteiger partial charge in [0.2, 0.25) is 0 Å². The molecule has 2 aliphatic rings. The lowest BCUT2D eigenvalue weighted by Gasteiger charge is -2.26. The number of thioether (sulfide) groups is 1. The van der Waals surface area contributed by atoms with Gasteiger partial charge >= 0.3 is 0 Å². The molecule has 31 heavy (non-hydrogen) atoms. The topological polar surface area (TPSA) is 72.5 Å². The zero-order chi connectivity index (χ0) is 21.5. The van der Waals surface area contributed by atoms with Gasteiger partial charge in [0, 0.05) is 40.7 Å². The molecule has 1 aromatic heterocycles. The lowest BCUT2D eigenvalue weighted by atomic mass is 9.90. The smallest absolute Gasteiger partial charge is 0.109 e. The Hall–Kier alpha value is -1.90. The molecule has 5 nitrogen and oxygen atoms in total. The highest BCUT2D eigenvalue weighted by Crippen LogP contribution is 2.42. The fraction of sp³-hybridized carbons (Fsp3) is 0.478. The number of ether oxygens (including phenoxy) is 1. The number of nitrogens with two attached hydrogens (primary N) is 1. The molecule has 166 valence electrons. The Labute approximate surface area is 191 Å². The maximum Gasteiger partial charge on any atom is 0.109 e. The van der Waals surface area contributed by atoms with Gasteiger partial charge in [-0.2, -0.15) is 0 Å². The first kappa shape index (κ1) is 22.3. The first-order chi connectivity index (χ1) is 15.3. The van der Waals surface area contributed by atoms with Crippen molar-refractivity contribution in [1.29, 1.82) is 0 Å². The van der Waals surface area contributed by atoms with Crippen molar-refractivity contribution in [2.45, 2.75) is 48.2 Å². The molecule has 2 fully saturated rings. The van der Waals surface area contributed by atoms with Gasteiger partial charge in [-0.3, -0.25) is 4.99 Å². The second-order valence-corrected chi connectivity index (χ2v) is 10.3. The number of halogens is 1. The van der Waals surface area contributed by atoms with Crippen LogP contribution in [0.2, 0.25) is 0 Å². The summed E-state index contributed by atoms with van der Waals surface area (Å²) >= 11 is 3.68. The van der Waals surface area contributed by atoms with E-state index in [0.29, 0.717) is 16.9 Å². The SMILES string of the molecule is NC=C(C=NCCF)Nc1ccc(-c2cnc(C3CCCCC3)s2)c(SC2COC2)c1. The standard InChI is InChI=1S/C23H29FN4OS2/c24-8-9-26-12-18(11-25)28-17-6-7-20(21(10-17)30-19-14-29-15-19)22-13-27-23(31-22)16-4-2-1-3-5-16/h6-7,10-13,16,19,28H,1-5,8-9,14-15,25H2. The first-order valence-electron chi connectivity index (χ1n) is 10.9. The summed E-state index contributed by atoms with van der Waals surface area (Å²) in [5, 5.41) is 5.02. The van der Waals surface area contributed by atoms with Crippen molar-refractivity contribution in [3.05, 3.63) is 41.3 Å². The van der Waals surface area contributed by atoms with Crippen LogP contribution in [0, 0.1) is 0 Å². The zero-order valence-corrected chi connectivity index (χ0v) is 19.2. The lowest BCUT2D eigenvalue weighted by molar-refractivity contribution is 0.0455. The van der Waals surface area contributed by atoms with Gasteiger partial charge < -0.3 is 15.8 Å². The molecule has 1 saturated carbocycles. The number of anilines is 1. The fourth-order valence-electron chi connectivity index (χ4n) is 3.81. The van der Waals surface area contributed by atoms with E-state index >= 15 is 0 Å². The number of nitrogens with zero attached hydrogens (tertiary/aromatic N) is 2. The number of hydrogen-bond donors (Lipinski definition) is 2. The Morgan fingerprint density at radius 3 is 2.87 bits per heavy atom. The van der Waals surface area contributed by atoms with Crippen molar-refractivity contribution >= 4 is 35.0 Å². The molecule has 1 aliphatic carbocycles. The monoisotopic (exact) mass is 460 g/mol. The maximum atomic E-state index is 12.3. The highest BCUT2D eigenvalue weighted by Gasteiger charge is 2.23. The van der Waals surface area contributed by atoms with Gasteiger partial charge in [0.05, 0.1) is 40.6 Å². The number of rotatable bonds is 9. The highest BCUT2D eigenvalue weighted by atomic mass is 32.2. The summed E-state index contributed by atoms with van der Waals surface area (Å²) in [6, 6.07) is 6.34. The van der Waals surface area contributed by atoms with Crippen LogP contribution in [-0.2, 0) is 4.74 Å². The van der Waals surface area contributed by atoms with E-state index in [0.717, 1.165) is 18.9 Å². The third kappa shape index (κ3) is 5.87. The number of aromatic nitrogens is 1. The van der Waals surface area contributed by atoms with E-state index in [4.69, 9.17) is 15.5 Å². The van der Waals surface area contributed by atoms with E-state index in [1.165, 1.54) is 58.6 Å². The van der Waals surface area contributed by atoms with Gasteiger partial charge in [-0.1, -0.05) is 25.3 Å². The molecule has 0 atom stereocenters. The van der Waals surface area contributed by atoms with E-state index in [9.17, 15) is 4.39 Å². The van der Waals surface area contributed by atoms with Crippen LogP contribution >= 0.6 is 23.1 Å². The molecule has 1 aromatic carbocycles. The third-order valence-corrected chi connectivity index (χ3v) is 7.93. The largest absolute Gasteiger partial charge is 0.403 e. The molecule has 2 aromatic rings. The minimum Gasteiger partial charge on any atom is -0.403 e. The second-order valence-electron chi connectivity index (χ2n) is 7.86. The molecule has 4 rings (SSSR count). The number of thiazole rings is 1. The minimum atomic E-state index is -0.481. The summed E-state index contributed by atoms with van der Waals surface area (Å²) in [6.07, 6.45) is 11.5. The van der Waals surface area contributed by atoms with E-state index in [-0.39, 0.29) is 6.54 Å². The summed E-state index contributed by atoms with van der Waals surface area (Å²) in [6.45, 7) is 1.21. The fourth-order valence-corrected chi connectivity index (χ4v) is 6.19. The molecule has 3 N–H and O–H groups in total. The number of aliphatic imine (C=N–C) groups is 1. The molecule has 2 heterocycles. The molecular weight excluding hydrogens is 431 g/mol. The molecule has 0 bridgehead atoms. The molecule has 1 aliphatic heterocycles. The van der Waals surface area contributed by atoms with Crippen LogP contribution in [0.5, 0.6) is 0 Å². The summed E-state index contributed by atoms with van der Waals surface area (Å²) in [7, 11) is 0. The molecular formula is C23H29FN4OS2. The Morgan fingerprint density at radius 2 is 2.16 bits per heavy atom. The average molecular weight is 461 g/mol. The summed E-state index contributed by atoms with van der Waals surface area (Å²) in [5.41, 5.74) is 8.49. The van der Waals surface area contributed by atoms with Crippen molar-refractivity contribution < 1.29 is 9.13 Å². The van der Waals surface area contributed by atoms with Crippen LogP contribution in [0.15, 0.2) is 46.2 Å². The van der Waals surface area contributed by atoms with Crippen molar-refractivity contribution in [3.8, 4) is 10.4 Å². The van der Waals surface area contributed by atoms with E-state index in [1.807, 2.05) is 35.4 Å². The van der Waals surface area contributed by atoms with Gasteiger partial charge in [0.1, 0.15) is 6.67 Å². The number of hydrogen-bond acceptors (Lipinski definition) is 7. The van der Waals surface area contributed by atoms with Crippen molar-refractivity contribution in [3.63, 3.8) is 0 Å². The predicted octanol–water partition coefficient (Wildman–Crippen LogP) is 5.60. The lowest BCUT2D eigenvalue weighted by Crippen LogP contribution is -2.30. The molecule has 1 saturated heterocycles. The Morgan fingerprint density at radius 1 is 1.32 bits per heavy atom. The van der Waals surface area contributed by atoms with Crippen molar-refractivity contribution in [2.75, 3.05) is 31.7 Å². The van der Waals surface area contributed by atoms with Gasteiger partial charge in [-0.25, -0.2) is 9.37 Å². The Bertz CT molecular complexity index is 920. The number of nitrogens with one attached hydrogen (secondary N) is 1. The summed E-state index contributed by atoms with van der Waals surface area (Å²) < 4.78 is 17.7. The Kier molecular flexibility index (Phi) is 7.99. The highest BCUT2D eigenvalue weighted by molar-refractivity contribution is 8.00. The molecule has 0 spiro atoms.